The number of nitrogen functional groups attached to an aromatic ring is 1. The van der Waals surface area contributed by atoms with E-state index in [0.29, 0.717) is 43.6 Å². The number of nitrogens with two attached hydrogens (primary N) is 1. The number of carbonyl (C=O) groups excluding carboxylic acids is 2. The maximum absolute atomic E-state index is 13.1. The number of halogens is 5. The number of nitrogens with zero attached hydrogens (tertiary/aromatic N) is 3. The third kappa shape index (κ3) is 5.61. The van der Waals surface area contributed by atoms with Crippen molar-refractivity contribution in [3.05, 3.63) is 65.2 Å². The van der Waals surface area contributed by atoms with E-state index in [1.54, 1.807) is 36.6 Å². The summed E-state index contributed by atoms with van der Waals surface area (Å²) < 4.78 is 58.8. The van der Waals surface area contributed by atoms with Crippen LogP contribution in [0.3, 0.4) is 0 Å². The number of ether oxygens (including phenoxy) is 1. The lowest BCUT2D eigenvalue weighted by Crippen LogP contribution is -2.34. The van der Waals surface area contributed by atoms with E-state index in [0.717, 1.165) is 6.20 Å². The average molecular weight is 621 g/mol. The van der Waals surface area contributed by atoms with Crippen LogP contribution in [0.25, 0.3) is 33.4 Å². The smallest absolute Gasteiger partial charge is 0.405 e. The molecule has 0 bridgehead atoms. The highest BCUT2D eigenvalue weighted by atomic mass is 79.9. The largest absolute Gasteiger partial charge is 0.496 e. The van der Waals surface area contributed by atoms with Crippen LogP contribution in [0.1, 0.15) is 10.4 Å². The Balaban J connectivity index is 1.88. The summed E-state index contributed by atoms with van der Waals surface area (Å²) in [7, 11) is 3.06. The lowest BCUT2D eigenvalue weighted by atomic mass is 10.0. The second kappa shape index (κ2) is 11.0. The number of nitrogens with one attached hydrogen (secondary N) is 2. The molecule has 0 aliphatic carbocycles. The number of hydrogen-bond acceptors (Lipinski definition) is 6. The van der Waals surface area contributed by atoms with Crippen molar-refractivity contribution in [2.75, 3.05) is 24.7 Å². The molecule has 40 heavy (non-hydrogen) atoms. The fraction of sp³-hybridized carbons (Fsp3) is 0.154. The number of carbonyl (C=O) groups is 2. The fourth-order valence-corrected chi connectivity index (χ4v) is 4.72. The minimum Gasteiger partial charge on any atom is -0.496 e. The molecule has 0 saturated carbocycles. The van der Waals surface area contributed by atoms with Gasteiger partial charge in [-0.15, -0.1) is 0 Å². The number of aromatic nitrogens is 3. The molecule has 3 heterocycles. The molecule has 0 saturated heterocycles. The van der Waals surface area contributed by atoms with Crippen LogP contribution < -0.4 is 21.1 Å². The summed E-state index contributed by atoms with van der Waals surface area (Å²) in [6.45, 7) is 1.45. The summed E-state index contributed by atoms with van der Waals surface area (Å²) in [5.74, 6) is -2.96. The van der Waals surface area contributed by atoms with E-state index in [2.05, 4.69) is 37.8 Å². The number of methoxy groups -OCH3 is 1. The van der Waals surface area contributed by atoms with E-state index in [1.165, 1.54) is 19.4 Å². The van der Waals surface area contributed by atoms with Crippen LogP contribution >= 0.6 is 15.9 Å². The summed E-state index contributed by atoms with van der Waals surface area (Å²) in [5.41, 5.74) is 9.12. The van der Waals surface area contributed by atoms with Crippen LogP contribution in [0.5, 0.6) is 5.75 Å². The SMILES string of the molecule is C=C(F)C(=O)Nc1ccc(-c2c(-c3cc(OC)c(C(=O)NCC(F)(F)F)cn3)c3c(N)ncc(Br)c3n2C)cc1. The molecule has 4 N–H and O–H groups in total. The monoisotopic (exact) mass is 620 g/mol. The molecule has 14 heteroatoms. The van der Waals surface area contributed by atoms with Crippen LogP contribution in [0.2, 0.25) is 0 Å². The van der Waals surface area contributed by atoms with E-state index >= 15 is 0 Å². The van der Waals surface area contributed by atoms with Gasteiger partial charge in [0.2, 0.25) is 0 Å². The number of fused-ring (bicyclic) bond motifs is 1. The number of aryl methyl sites for hydroxylation is 1. The van der Waals surface area contributed by atoms with Gasteiger partial charge in [-0.2, -0.15) is 13.2 Å². The number of hydrogen-bond donors (Lipinski definition) is 3. The highest BCUT2D eigenvalue weighted by molar-refractivity contribution is 9.10. The molecule has 2 amide bonds. The molecule has 0 unspecified atom stereocenters. The van der Waals surface area contributed by atoms with Gasteiger partial charge in [0.1, 0.15) is 18.1 Å². The van der Waals surface area contributed by atoms with Crippen molar-refractivity contribution in [3.8, 4) is 28.3 Å². The highest BCUT2D eigenvalue weighted by Crippen LogP contribution is 2.44. The summed E-state index contributed by atoms with van der Waals surface area (Å²) >= 11 is 3.50. The van der Waals surface area contributed by atoms with Crippen LogP contribution in [0.4, 0.5) is 29.1 Å². The van der Waals surface area contributed by atoms with Crippen LogP contribution in [-0.4, -0.2) is 46.2 Å². The predicted octanol–water partition coefficient (Wildman–Crippen LogP) is 5.37. The number of anilines is 2. The van der Waals surface area contributed by atoms with Crippen LogP contribution in [0, 0.1) is 0 Å². The minimum absolute atomic E-state index is 0.0151. The summed E-state index contributed by atoms with van der Waals surface area (Å²) in [6.07, 6.45) is -1.94. The number of alkyl halides is 3. The van der Waals surface area contributed by atoms with Gasteiger partial charge < -0.3 is 25.7 Å². The van der Waals surface area contributed by atoms with Crippen molar-refractivity contribution in [1.29, 1.82) is 0 Å². The zero-order valence-corrected chi connectivity index (χ0v) is 22.6. The Kier molecular flexibility index (Phi) is 7.82. The lowest BCUT2D eigenvalue weighted by Gasteiger charge is -2.13. The van der Waals surface area contributed by atoms with Gasteiger partial charge in [-0.05, 0) is 33.6 Å². The first kappa shape index (κ1) is 28.5. The first-order chi connectivity index (χ1) is 18.8. The van der Waals surface area contributed by atoms with E-state index in [4.69, 9.17) is 10.5 Å². The van der Waals surface area contributed by atoms with Gasteiger partial charge >= 0.3 is 6.18 Å². The Hall–Kier alpha value is -4.46. The van der Waals surface area contributed by atoms with Gasteiger partial charge in [-0.25, -0.2) is 9.37 Å². The first-order valence-electron chi connectivity index (χ1n) is 11.4. The van der Waals surface area contributed by atoms with Crippen molar-refractivity contribution in [2.45, 2.75) is 6.18 Å². The summed E-state index contributed by atoms with van der Waals surface area (Å²) in [5, 5.41) is 4.70. The Morgan fingerprint density at radius 3 is 2.45 bits per heavy atom. The first-order valence-corrected chi connectivity index (χ1v) is 12.2. The molecule has 4 rings (SSSR count). The average Bonchev–Trinajstić information content (AvgIpc) is 3.23. The van der Waals surface area contributed by atoms with E-state index in [1.807, 2.05) is 4.57 Å². The van der Waals surface area contributed by atoms with Gasteiger partial charge in [0.15, 0.2) is 5.83 Å². The number of amides is 2. The molecule has 0 fully saturated rings. The van der Waals surface area contributed by atoms with Crippen molar-refractivity contribution in [2.24, 2.45) is 7.05 Å². The lowest BCUT2D eigenvalue weighted by molar-refractivity contribution is -0.123. The molecule has 1 aromatic carbocycles. The fourth-order valence-electron chi connectivity index (χ4n) is 4.15. The zero-order valence-electron chi connectivity index (χ0n) is 21.0. The normalized spacial score (nSPS) is 11.4. The molecular weight excluding hydrogens is 600 g/mol. The minimum atomic E-state index is -4.59. The number of rotatable bonds is 7. The Bertz CT molecular complexity index is 1650. The van der Waals surface area contributed by atoms with Gasteiger partial charge in [0.25, 0.3) is 11.8 Å². The van der Waals surface area contributed by atoms with Crippen molar-refractivity contribution in [3.63, 3.8) is 0 Å². The second-order valence-electron chi connectivity index (χ2n) is 8.50. The van der Waals surface area contributed by atoms with Gasteiger partial charge in [0, 0.05) is 36.8 Å². The Morgan fingerprint density at radius 2 is 1.85 bits per heavy atom. The van der Waals surface area contributed by atoms with E-state index in [9.17, 15) is 27.2 Å². The summed E-state index contributed by atoms with van der Waals surface area (Å²) in [4.78, 5) is 32.7. The quantitative estimate of drug-likeness (QED) is 0.188. The standard InChI is InChI=1S/C26H21BrF4N6O3/c1-12(28)24(38)36-14-6-4-13(5-7-14)21-19(20-22(37(21)2)16(27)10-34-23(20)32)17-8-18(40-3)15(9-33-17)25(39)35-11-26(29,30)31/h4-10H,1,11H2,2-3H3,(H2,32,34)(H,35,39)(H,36,38). The van der Waals surface area contributed by atoms with E-state index in [-0.39, 0.29) is 17.1 Å². The highest BCUT2D eigenvalue weighted by Gasteiger charge is 2.29. The Labute approximate surface area is 233 Å². The molecule has 4 aromatic rings. The maximum Gasteiger partial charge on any atom is 0.405 e. The van der Waals surface area contributed by atoms with Crippen molar-refractivity contribution >= 4 is 50.2 Å². The molecule has 0 atom stereocenters. The third-order valence-corrected chi connectivity index (χ3v) is 6.47. The number of benzene rings is 1. The maximum atomic E-state index is 13.1. The topological polar surface area (TPSA) is 124 Å². The van der Waals surface area contributed by atoms with E-state index < -0.39 is 30.4 Å². The second-order valence-corrected chi connectivity index (χ2v) is 9.36. The molecule has 208 valence electrons. The molecule has 0 spiro atoms. The summed E-state index contributed by atoms with van der Waals surface area (Å²) in [6, 6.07) is 7.92. The van der Waals surface area contributed by atoms with Gasteiger partial charge in [-0.3, -0.25) is 14.6 Å². The molecule has 0 aliphatic rings. The van der Waals surface area contributed by atoms with Crippen molar-refractivity contribution < 1.29 is 31.9 Å². The molecule has 3 aromatic heterocycles. The van der Waals surface area contributed by atoms with Crippen LogP contribution in [0.15, 0.2) is 59.6 Å². The molecule has 0 aliphatic heterocycles. The zero-order chi connectivity index (χ0) is 29.4. The molecular formula is C26H21BrF4N6O3. The molecule has 9 nitrogen and oxygen atoms in total. The van der Waals surface area contributed by atoms with Gasteiger partial charge in [-0.1, -0.05) is 18.7 Å². The van der Waals surface area contributed by atoms with Crippen molar-refractivity contribution in [1.82, 2.24) is 19.9 Å². The van der Waals surface area contributed by atoms with Crippen LogP contribution in [-0.2, 0) is 11.8 Å². The predicted molar refractivity (Wildman–Crippen MR) is 145 cm³/mol. The molecule has 0 radical (unpaired) electrons. The number of pyridine rings is 2. The third-order valence-electron chi connectivity index (χ3n) is 5.89. The Morgan fingerprint density at radius 1 is 1.18 bits per heavy atom. The van der Waals surface area contributed by atoms with Gasteiger partial charge in [0.05, 0.1) is 39.4 Å².